The van der Waals surface area contributed by atoms with Gasteiger partial charge in [0.15, 0.2) is 0 Å². The van der Waals surface area contributed by atoms with Crippen molar-refractivity contribution in [3.05, 3.63) is 35.4 Å². The summed E-state index contributed by atoms with van der Waals surface area (Å²) in [6, 6.07) is 8.83. The molecule has 2 rings (SSSR count). The highest BCUT2D eigenvalue weighted by atomic mass is 32.2. The molecule has 0 aromatic heterocycles. The van der Waals surface area contributed by atoms with Gasteiger partial charge in [-0.25, -0.2) is 0 Å². The van der Waals surface area contributed by atoms with Crippen molar-refractivity contribution in [1.82, 2.24) is 4.90 Å². The van der Waals surface area contributed by atoms with Gasteiger partial charge in [-0.1, -0.05) is 19.1 Å². The number of amides is 1. The number of hydrogen-bond acceptors (Lipinski definition) is 4. The number of nitriles is 1. The summed E-state index contributed by atoms with van der Waals surface area (Å²) in [4.78, 5) is 14.0. The van der Waals surface area contributed by atoms with Crippen LogP contribution in [0.4, 0.5) is 0 Å². The van der Waals surface area contributed by atoms with Crippen LogP contribution in [0.25, 0.3) is 0 Å². The molecule has 0 spiro atoms. The summed E-state index contributed by atoms with van der Waals surface area (Å²) >= 11 is 1.96. The predicted molar refractivity (Wildman–Crippen MR) is 81.2 cm³/mol. The van der Waals surface area contributed by atoms with Crippen molar-refractivity contribution in [2.75, 3.05) is 18.8 Å². The fraction of sp³-hybridized carbons (Fsp3) is 0.467. The smallest absolute Gasteiger partial charge is 0.239 e. The molecule has 1 heterocycles. The lowest BCUT2D eigenvalue weighted by Crippen LogP contribution is -2.45. The predicted octanol–water partition coefficient (Wildman–Crippen LogP) is 1.91. The highest BCUT2D eigenvalue weighted by Gasteiger charge is 2.30. The fourth-order valence-corrected chi connectivity index (χ4v) is 3.72. The van der Waals surface area contributed by atoms with Gasteiger partial charge < -0.3 is 5.73 Å². The van der Waals surface area contributed by atoms with E-state index in [-0.39, 0.29) is 5.91 Å². The maximum atomic E-state index is 11.9. The zero-order valence-corrected chi connectivity index (χ0v) is 12.4. The lowest BCUT2D eigenvalue weighted by atomic mass is 10.0. The van der Waals surface area contributed by atoms with Gasteiger partial charge in [0.1, 0.15) is 6.04 Å². The van der Waals surface area contributed by atoms with Crippen LogP contribution in [-0.4, -0.2) is 34.9 Å². The maximum Gasteiger partial charge on any atom is 0.239 e. The van der Waals surface area contributed by atoms with E-state index in [0.717, 1.165) is 30.8 Å². The average Bonchev–Trinajstić information content (AvgIpc) is 2.48. The standard InChI is InChI=1S/C15H19N3OS/c1-2-13-10-18(7-8-20-13)14(15(17)19)12-5-3-11(9-16)4-6-12/h3-6,13-14H,2,7-8,10H2,1H3,(H2,17,19). The zero-order chi connectivity index (χ0) is 14.5. The molecule has 5 heteroatoms. The van der Waals surface area contributed by atoms with Gasteiger partial charge in [-0.3, -0.25) is 9.69 Å². The largest absolute Gasteiger partial charge is 0.368 e. The number of benzene rings is 1. The Morgan fingerprint density at radius 2 is 2.25 bits per heavy atom. The minimum absolute atomic E-state index is 0.323. The molecule has 0 saturated carbocycles. The summed E-state index contributed by atoms with van der Waals surface area (Å²) in [6.45, 7) is 3.92. The van der Waals surface area contributed by atoms with Gasteiger partial charge >= 0.3 is 0 Å². The molecule has 1 aromatic rings. The number of carbonyl (C=O) groups is 1. The SMILES string of the molecule is CCC1CN(C(C(N)=O)c2ccc(C#N)cc2)CCS1. The van der Waals surface area contributed by atoms with Gasteiger partial charge in [-0.2, -0.15) is 17.0 Å². The van der Waals surface area contributed by atoms with Crippen molar-refractivity contribution < 1.29 is 4.79 Å². The average molecular weight is 289 g/mol. The summed E-state index contributed by atoms with van der Waals surface area (Å²) in [5.74, 6) is 0.704. The molecule has 0 radical (unpaired) electrons. The van der Waals surface area contributed by atoms with Crippen LogP contribution in [0.2, 0.25) is 0 Å². The summed E-state index contributed by atoms with van der Waals surface area (Å²) in [7, 11) is 0. The lowest BCUT2D eigenvalue weighted by Gasteiger charge is -2.36. The number of rotatable bonds is 4. The van der Waals surface area contributed by atoms with Gasteiger partial charge in [-0.15, -0.1) is 0 Å². The highest BCUT2D eigenvalue weighted by molar-refractivity contribution is 8.00. The Hall–Kier alpha value is -1.51. The van der Waals surface area contributed by atoms with E-state index in [4.69, 9.17) is 11.0 Å². The van der Waals surface area contributed by atoms with Crippen LogP contribution in [0.5, 0.6) is 0 Å². The zero-order valence-electron chi connectivity index (χ0n) is 11.6. The molecule has 2 N–H and O–H groups in total. The quantitative estimate of drug-likeness (QED) is 0.919. The Bertz CT molecular complexity index is 509. The Kier molecular flexibility index (Phi) is 5.05. The van der Waals surface area contributed by atoms with Gasteiger partial charge in [0.25, 0.3) is 0 Å². The van der Waals surface area contributed by atoms with E-state index in [0.29, 0.717) is 10.8 Å². The van der Waals surface area contributed by atoms with Crippen molar-refractivity contribution in [3.8, 4) is 6.07 Å². The molecule has 1 aliphatic rings. The number of thioether (sulfide) groups is 1. The second kappa shape index (κ2) is 6.78. The van der Waals surface area contributed by atoms with Crippen LogP contribution in [0.3, 0.4) is 0 Å². The van der Waals surface area contributed by atoms with Crippen molar-refractivity contribution in [2.45, 2.75) is 24.6 Å². The van der Waals surface area contributed by atoms with Gasteiger partial charge in [-0.05, 0) is 24.1 Å². The van der Waals surface area contributed by atoms with E-state index < -0.39 is 6.04 Å². The Labute approximate surface area is 123 Å². The van der Waals surface area contributed by atoms with E-state index in [2.05, 4.69) is 17.9 Å². The number of primary amides is 1. The topological polar surface area (TPSA) is 70.1 Å². The molecule has 4 nitrogen and oxygen atoms in total. The third-order valence-electron chi connectivity index (χ3n) is 3.62. The van der Waals surface area contributed by atoms with Crippen LogP contribution in [0.15, 0.2) is 24.3 Å². The Morgan fingerprint density at radius 3 is 2.80 bits per heavy atom. The van der Waals surface area contributed by atoms with E-state index in [1.807, 2.05) is 23.9 Å². The van der Waals surface area contributed by atoms with Crippen LogP contribution in [-0.2, 0) is 4.79 Å². The summed E-state index contributed by atoms with van der Waals surface area (Å²) in [5, 5.41) is 9.40. The van der Waals surface area contributed by atoms with E-state index in [1.165, 1.54) is 0 Å². The number of nitrogens with two attached hydrogens (primary N) is 1. The van der Waals surface area contributed by atoms with Crippen molar-refractivity contribution in [1.29, 1.82) is 5.26 Å². The number of carbonyl (C=O) groups excluding carboxylic acids is 1. The highest BCUT2D eigenvalue weighted by Crippen LogP contribution is 2.28. The van der Waals surface area contributed by atoms with Gasteiger partial charge in [0.05, 0.1) is 11.6 Å². The van der Waals surface area contributed by atoms with Crippen LogP contribution in [0.1, 0.15) is 30.5 Å². The Balaban J connectivity index is 2.22. The first-order valence-electron chi connectivity index (χ1n) is 6.80. The van der Waals surface area contributed by atoms with Crippen LogP contribution in [0, 0.1) is 11.3 Å². The minimum Gasteiger partial charge on any atom is -0.368 e. The molecule has 0 bridgehead atoms. The van der Waals surface area contributed by atoms with Crippen LogP contribution < -0.4 is 5.73 Å². The molecule has 2 unspecified atom stereocenters. The molecule has 1 fully saturated rings. The summed E-state index contributed by atoms with van der Waals surface area (Å²) in [5.41, 5.74) is 7.07. The lowest BCUT2D eigenvalue weighted by molar-refractivity contribution is -0.123. The maximum absolute atomic E-state index is 11.9. The van der Waals surface area contributed by atoms with Gasteiger partial charge in [0.2, 0.25) is 5.91 Å². The molecule has 1 aliphatic heterocycles. The first-order valence-corrected chi connectivity index (χ1v) is 7.85. The minimum atomic E-state index is -0.391. The fourth-order valence-electron chi connectivity index (χ4n) is 2.52. The molecule has 0 aliphatic carbocycles. The Morgan fingerprint density at radius 1 is 1.55 bits per heavy atom. The summed E-state index contributed by atoms with van der Waals surface area (Å²) < 4.78 is 0. The van der Waals surface area contributed by atoms with E-state index >= 15 is 0 Å². The molecular weight excluding hydrogens is 270 g/mol. The first-order chi connectivity index (χ1) is 9.65. The second-order valence-corrected chi connectivity index (χ2v) is 6.34. The molecular formula is C15H19N3OS. The molecule has 106 valence electrons. The molecule has 20 heavy (non-hydrogen) atoms. The van der Waals surface area contributed by atoms with E-state index in [9.17, 15) is 4.79 Å². The van der Waals surface area contributed by atoms with Crippen LogP contribution >= 0.6 is 11.8 Å². The number of nitrogens with zero attached hydrogens (tertiary/aromatic N) is 2. The molecule has 1 amide bonds. The monoisotopic (exact) mass is 289 g/mol. The van der Waals surface area contributed by atoms with Crippen molar-refractivity contribution in [3.63, 3.8) is 0 Å². The molecule has 1 aromatic carbocycles. The van der Waals surface area contributed by atoms with Gasteiger partial charge in [0, 0.05) is 24.1 Å². The third-order valence-corrected chi connectivity index (χ3v) is 4.99. The summed E-state index contributed by atoms with van der Waals surface area (Å²) in [6.07, 6.45) is 1.10. The first kappa shape index (κ1) is 14.9. The normalized spacial score (nSPS) is 21.1. The molecule has 2 atom stereocenters. The second-order valence-electron chi connectivity index (χ2n) is 4.93. The third kappa shape index (κ3) is 3.33. The van der Waals surface area contributed by atoms with Crippen molar-refractivity contribution in [2.24, 2.45) is 5.73 Å². The number of hydrogen-bond donors (Lipinski definition) is 1. The molecule has 1 saturated heterocycles. The van der Waals surface area contributed by atoms with Crippen molar-refractivity contribution >= 4 is 17.7 Å². The van der Waals surface area contributed by atoms with E-state index in [1.54, 1.807) is 12.1 Å².